The Morgan fingerprint density at radius 3 is 2.50 bits per heavy atom. The largest absolute Gasteiger partial charge is 0.491 e. The van der Waals surface area contributed by atoms with Crippen LogP contribution in [0.5, 0.6) is 5.75 Å². The normalized spacial score (nSPS) is 22.4. The van der Waals surface area contributed by atoms with Crippen molar-refractivity contribution >= 4 is 34.2 Å². The average Bonchev–Trinajstić information content (AvgIpc) is 3.13. The van der Waals surface area contributed by atoms with E-state index in [1.807, 2.05) is 25.1 Å². The molecule has 4 rings (SSSR count). The van der Waals surface area contributed by atoms with Gasteiger partial charge in [0.05, 0.1) is 17.5 Å². The number of hydrogen-bond donors (Lipinski definition) is 1. The van der Waals surface area contributed by atoms with Crippen molar-refractivity contribution in [2.45, 2.75) is 97.7 Å². The van der Waals surface area contributed by atoms with E-state index in [9.17, 15) is 9.00 Å². The fraction of sp³-hybridized carbons (Fsp3) is 0.629. The van der Waals surface area contributed by atoms with Crippen molar-refractivity contribution < 1.29 is 13.7 Å². The van der Waals surface area contributed by atoms with Crippen LogP contribution in [0.15, 0.2) is 36.4 Å². The first kappa shape index (κ1) is 32.9. The lowest BCUT2D eigenvalue weighted by Gasteiger charge is -2.42. The molecule has 6 atom stereocenters. The molecule has 1 amide bonds. The minimum Gasteiger partial charge on any atom is -0.491 e. The molecule has 1 N–H and O–H groups in total. The van der Waals surface area contributed by atoms with Crippen molar-refractivity contribution in [3.05, 3.63) is 58.1 Å². The molecule has 0 aromatic heterocycles. The highest BCUT2D eigenvalue weighted by Gasteiger charge is 2.35. The number of nitrogens with one attached hydrogen (secondary N) is 1. The average molecular weight is 615 g/mol. The molecule has 2 aromatic rings. The number of fused-ring (bicyclic) bond motifs is 1. The van der Waals surface area contributed by atoms with Gasteiger partial charge in [-0.3, -0.25) is 9.52 Å². The number of carbonyl (C=O) groups is 1. The summed E-state index contributed by atoms with van der Waals surface area (Å²) in [4.78, 5) is 15.8. The number of rotatable bonds is 13. The number of anilines is 1. The highest BCUT2D eigenvalue weighted by Crippen LogP contribution is 2.43. The minimum absolute atomic E-state index is 0.108. The molecule has 0 spiro atoms. The van der Waals surface area contributed by atoms with E-state index >= 15 is 0 Å². The summed E-state index contributed by atoms with van der Waals surface area (Å²) in [5.74, 6) is 3.03. The van der Waals surface area contributed by atoms with Crippen LogP contribution in [-0.4, -0.2) is 35.1 Å². The first-order chi connectivity index (χ1) is 20.1. The number of carbonyl (C=O) groups excluding carboxylic acids is 1. The second-order valence-corrected chi connectivity index (χ2v) is 15.1. The summed E-state index contributed by atoms with van der Waals surface area (Å²) in [6.45, 7) is 15.4. The van der Waals surface area contributed by atoms with Crippen molar-refractivity contribution in [1.29, 1.82) is 0 Å². The minimum atomic E-state index is -1.45. The Morgan fingerprint density at radius 2 is 1.83 bits per heavy atom. The zero-order valence-corrected chi connectivity index (χ0v) is 28.0. The second kappa shape index (κ2) is 15.1. The molecule has 1 heterocycles. The molecule has 1 aliphatic heterocycles. The van der Waals surface area contributed by atoms with Crippen molar-refractivity contribution in [2.24, 2.45) is 23.7 Å². The van der Waals surface area contributed by atoms with Crippen molar-refractivity contribution in [3.63, 3.8) is 0 Å². The van der Waals surface area contributed by atoms with Gasteiger partial charge in [0.25, 0.3) is 5.91 Å². The van der Waals surface area contributed by atoms with E-state index in [4.69, 9.17) is 16.3 Å². The summed E-state index contributed by atoms with van der Waals surface area (Å²) in [7, 11) is -1.45. The van der Waals surface area contributed by atoms with Crippen LogP contribution in [0.25, 0.3) is 0 Å². The highest BCUT2D eigenvalue weighted by molar-refractivity contribution is 7.84. The van der Waals surface area contributed by atoms with E-state index in [0.717, 1.165) is 61.2 Å². The van der Waals surface area contributed by atoms with Gasteiger partial charge in [0.1, 0.15) is 16.7 Å². The predicted octanol–water partition coefficient (Wildman–Crippen LogP) is 8.57. The quantitative estimate of drug-likeness (QED) is 0.245. The van der Waals surface area contributed by atoms with Crippen LogP contribution < -0.4 is 14.4 Å². The number of amides is 1. The monoisotopic (exact) mass is 614 g/mol. The standard InChI is InChI=1S/C35H51ClN2O3S/c1-7-9-24(5)25(6)42(40)37-35(39)28-13-16-34-33(19-28)38(20-29-12-11-26(29)17-23(3)4)21-30(22-41-34)32-15-14-31(36)18-27(32)10-8-2/h13-16,18-19,23-26,29-30H,7-12,17,20-22H2,1-6H3,(H,37,39). The number of aryl methyl sites for hydroxylation is 1. The molecule has 232 valence electrons. The lowest BCUT2D eigenvalue weighted by Crippen LogP contribution is -2.40. The topological polar surface area (TPSA) is 58.6 Å². The van der Waals surface area contributed by atoms with E-state index in [2.05, 4.69) is 56.4 Å². The Hall–Kier alpha value is -2.05. The molecule has 5 nitrogen and oxygen atoms in total. The van der Waals surface area contributed by atoms with Gasteiger partial charge >= 0.3 is 0 Å². The van der Waals surface area contributed by atoms with Gasteiger partial charge in [-0.25, -0.2) is 4.21 Å². The van der Waals surface area contributed by atoms with Crippen LogP contribution in [-0.2, 0) is 17.4 Å². The molecule has 1 aliphatic carbocycles. The molecule has 0 saturated heterocycles. The van der Waals surface area contributed by atoms with Gasteiger partial charge in [-0.15, -0.1) is 0 Å². The van der Waals surface area contributed by atoms with Crippen LogP contribution in [0.1, 0.15) is 107 Å². The molecule has 2 aliphatic rings. The molecule has 0 bridgehead atoms. The molecule has 6 unspecified atom stereocenters. The third-order valence-electron chi connectivity index (χ3n) is 9.39. The van der Waals surface area contributed by atoms with Crippen molar-refractivity contribution in [2.75, 3.05) is 24.6 Å². The molecule has 0 radical (unpaired) electrons. The summed E-state index contributed by atoms with van der Waals surface area (Å²) in [6.07, 6.45) is 7.85. The lowest BCUT2D eigenvalue weighted by atomic mass is 9.69. The van der Waals surface area contributed by atoms with E-state index < -0.39 is 11.0 Å². The van der Waals surface area contributed by atoms with Gasteiger partial charge in [-0.2, -0.15) is 0 Å². The van der Waals surface area contributed by atoms with Gasteiger partial charge < -0.3 is 9.64 Å². The zero-order chi connectivity index (χ0) is 30.4. The molecule has 2 aromatic carbocycles. The van der Waals surface area contributed by atoms with Gasteiger partial charge in [0.15, 0.2) is 0 Å². The van der Waals surface area contributed by atoms with Gasteiger partial charge in [0.2, 0.25) is 0 Å². The fourth-order valence-corrected chi connectivity index (χ4v) is 7.92. The predicted molar refractivity (Wildman–Crippen MR) is 177 cm³/mol. The molecular weight excluding hydrogens is 564 g/mol. The van der Waals surface area contributed by atoms with Crippen LogP contribution in [0.2, 0.25) is 5.02 Å². The molecule has 1 fully saturated rings. The van der Waals surface area contributed by atoms with Gasteiger partial charge in [-0.05, 0) is 104 Å². The first-order valence-corrected chi connectivity index (χ1v) is 17.7. The van der Waals surface area contributed by atoms with E-state index in [0.29, 0.717) is 24.0 Å². The van der Waals surface area contributed by atoms with Crippen LogP contribution >= 0.6 is 11.6 Å². The number of hydrogen-bond acceptors (Lipinski definition) is 4. The smallest absolute Gasteiger partial charge is 0.263 e. The number of halogens is 1. The highest BCUT2D eigenvalue weighted by atomic mass is 35.5. The summed E-state index contributed by atoms with van der Waals surface area (Å²) in [5.41, 5.74) is 4.08. The van der Waals surface area contributed by atoms with Crippen molar-refractivity contribution in [3.8, 4) is 5.75 Å². The van der Waals surface area contributed by atoms with Crippen LogP contribution in [0.3, 0.4) is 0 Å². The van der Waals surface area contributed by atoms with Crippen LogP contribution in [0.4, 0.5) is 5.69 Å². The summed E-state index contributed by atoms with van der Waals surface area (Å²) in [6, 6.07) is 12.0. The summed E-state index contributed by atoms with van der Waals surface area (Å²) < 4.78 is 22.3. The van der Waals surface area contributed by atoms with Crippen LogP contribution in [0, 0.1) is 23.7 Å². The number of nitrogens with zero attached hydrogens (tertiary/aromatic N) is 1. The maximum Gasteiger partial charge on any atom is 0.263 e. The summed E-state index contributed by atoms with van der Waals surface area (Å²) in [5, 5.41) is 0.665. The molecule has 1 saturated carbocycles. The fourth-order valence-electron chi connectivity index (χ4n) is 6.68. The van der Waals surface area contributed by atoms with E-state index in [1.54, 1.807) is 6.07 Å². The Balaban J connectivity index is 1.62. The van der Waals surface area contributed by atoms with Crippen molar-refractivity contribution in [1.82, 2.24) is 4.72 Å². The van der Waals surface area contributed by atoms with Gasteiger partial charge in [0, 0.05) is 29.6 Å². The summed E-state index contributed by atoms with van der Waals surface area (Å²) >= 11 is 6.41. The Labute approximate surface area is 261 Å². The van der Waals surface area contributed by atoms with E-state index in [1.165, 1.54) is 30.4 Å². The Bertz CT molecular complexity index is 1230. The lowest BCUT2D eigenvalue weighted by molar-refractivity contribution is 0.0982. The van der Waals surface area contributed by atoms with Gasteiger partial charge in [-0.1, -0.05) is 65.1 Å². The molecule has 7 heteroatoms. The Morgan fingerprint density at radius 1 is 1.07 bits per heavy atom. The number of ether oxygens (including phenoxy) is 1. The molecule has 42 heavy (non-hydrogen) atoms. The first-order valence-electron chi connectivity index (χ1n) is 16.1. The maximum atomic E-state index is 13.3. The SMILES string of the molecule is CCCc1cc(Cl)ccc1C1COc2ccc(C(=O)NS(=O)C(C)C(C)CCC)cc2N(CC2CCC2CC(C)C)C1. The number of benzene rings is 2. The second-order valence-electron chi connectivity index (χ2n) is 13.1. The third-order valence-corrected chi connectivity index (χ3v) is 11.1. The molecular formula is C35H51ClN2O3S. The maximum absolute atomic E-state index is 13.3. The zero-order valence-electron chi connectivity index (χ0n) is 26.5. The third kappa shape index (κ3) is 8.11. The van der Waals surface area contributed by atoms with E-state index in [-0.39, 0.29) is 23.0 Å². The Kier molecular flexibility index (Phi) is 11.8.